The first-order valence-electron chi connectivity index (χ1n) is 6.45. The third-order valence-corrected chi connectivity index (χ3v) is 3.96. The van der Waals surface area contributed by atoms with Gasteiger partial charge in [0.25, 0.3) is 0 Å². The Labute approximate surface area is 118 Å². The number of likely N-dealkylation sites (N-methyl/N-ethyl adjacent to an activating group) is 1. The van der Waals surface area contributed by atoms with Crippen molar-refractivity contribution >= 4 is 17.5 Å². The molecule has 0 aromatic heterocycles. The molecule has 1 saturated heterocycles. The van der Waals surface area contributed by atoms with Crippen LogP contribution in [0.3, 0.4) is 0 Å². The molecule has 2 rings (SSSR count). The maximum absolute atomic E-state index is 11.3. The van der Waals surface area contributed by atoms with E-state index in [1.807, 2.05) is 12.1 Å². The van der Waals surface area contributed by atoms with Crippen LogP contribution < -0.4 is 5.32 Å². The fourth-order valence-electron chi connectivity index (χ4n) is 2.41. The van der Waals surface area contributed by atoms with E-state index in [1.54, 1.807) is 19.2 Å². The maximum Gasteiger partial charge on any atom is 0.233 e. The number of hydrogen-bond donors (Lipinski definition) is 2. The molecule has 0 radical (unpaired) electrons. The Morgan fingerprint density at radius 3 is 2.47 bits per heavy atom. The van der Waals surface area contributed by atoms with Gasteiger partial charge >= 0.3 is 0 Å². The summed E-state index contributed by atoms with van der Waals surface area (Å²) in [4.78, 5) is 13.4. The number of nitrogens with zero attached hydrogens (tertiary/aromatic N) is 1. The Bertz CT molecular complexity index is 439. The van der Waals surface area contributed by atoms with E-state index in [0.717, 1.165) is 5.56 Å². The number of carbonyl (C=O) groups excluding carboxylic acids is 1. The van der Waals surface area contributed by atoms with Crippen molar-refractivity contribution in [2.45, 2.75) is 18.4 Å². The van der Waals surface area contributed by atoms with E-state index in [2.05, 4.69) is 10.2 Å². The van der Waals surface area contributed by atoms with Gasteiger partial charge in [-0.25, -0.2) is 0 Å². The molecule has 2 N–H and O–H groups in total. The van der Waals surface area contributed by atoms with Gasteiger partial charge in [-0.2, -0.15) is 0 Å². The molecule has 0 atom stereocenters. The summed E-state index contributed by atoms with van der Waals surface area (Å²) in [6, 6.07) is 7.34. The Morgan fingerprint density at radius 1 is 1.37 bits per heavy atom. The van der Waals surface area contributed by atoms with Crippen molar-refractivity contribution in [3.05, 3.63) is 34.9 Å². The zero-order chi connectivity index (χ0) is 13.9. The van der Waals surface area contributed by atoms with Crippen LogP contribution in [0.5, 0.6) is 0 Å². The van der Waals surface area contributed by atoms with Gasteiger partial charge in [-0.15, -0.1) is 0 Å². The number of likely N-dealkylation sites (tertiary alicyclic amines) is 1. The molecule has 1 amide bonds. The third kappa shape index (κ3) is 3.47. The molecule has 1 aromatic rings. The first kappa shape index (κ1) is 14.3. The Balaban J connectivity index is 1.98. The summed E-state index contributed by atoms with van der Waals surface area (Å²) < 4.78 is 0. The molecule has 0 aliphatic carbocycles. The zero-order valence-corrected chi connectivity index (χ0v) is 11.8. The van der Waals surface area contributed by atoms with E-state index in [9.17, 15) is 9.90 Å². The second kappa shape index (κ2) is 5.90. The number of rotatable bonds is 3. The molecule has 1 fully saturated rings. The van der Waals surface area contributed by atoms with Crippen LogP contribution in [0.1, 0.15) is 18.4 Å². The fourth-order valence-corrected chi connectivity index (χ4v) is 2.54. The van der Waals surface area contributed by atoms with Gasteiger partial charge in [0.15, 0.2) is 0 Å². The van der Waals surface area contributed by atoms with Gasteiger partial charge < -0.3 is 10.4 Å². The smallest absolute Gasteiger partial charge is 0.233 e. The normalized spacial score (nSPS) is 19.1. The maximum atomic E-state index is 11.3. The predicted octanol–water partition coefficient (Wildman–Crippen LogP) is 1.37. The van der Waals surface area contributed by atoms with Gasteiger partial charge in [0.05, 0.1) is 12.1 Å². The zero-order valence-electron chi connectivity index (χ0n) is 11.0. The van der Waals surface area contributed by atoms with Crippen molar-refractivity contribution in [3.63, 3.8) is 0 Å². The average molecular weight is 283 g/mol. The number of aliphatic hydroxyl groups is 1. The van der Waals surface area contributed by atoms with Gasteiger partial charge in [0.1, 0.15) is 0 Å². The number of hydrogen-bond acceptors (Lipinski definition) is 3. The lowest BCUT2D eigenvalue weighted by atomic mass is 9.84. The SMILES string of the molecule is CNC(=O)CN1CCC(O)(c2ccc(Cl)cc2)CC1. The molecule has 0 saturated carbocycles. The molecule has 19 heavy (non-hydrogen) atoms. The van der Waals surface area contributed by atoms with E-state index < -0.39 is 5.60 Å². The monoisotopic (exact) mass is 282 g/mol. The Hall–Kier alpha value is -1.10. The van der Waals surface area contributed by atoms with Crippen LogP contribution >= 0.6 is 11.6 Å². The van der Waals surface area contributed by atoms with Crippen LogP contribution in [-0.4, -0.2) is 42.6 Å². The van der Waals surface area contributed by atoms with Crippen molar-refractivity contribution in [1.29, 1.82) is 0 Å². The Morgan fingerprint density at radius 2 is 1.95 bits per heavy atom. The highest BCUT2D eigenvalue weighted by atomic mass is 35.5. The van der Waals surface area contributed by atoms with E-state index in [-0.39, 0.29) is 5.91 Å². The average Bonchev–Trinajstić information content (AvgIpc) is 2.42. The number of carbonyl (C=O) groups is 1. The van der Waals surface area contributed by atoms with E-state index in [1.165, 1.54) is 0 Å². The molecule has 1 heterocycles. The number of benzene rings is 1. The van der Waals surface area contributed by atoms with Crippen molar-refractivity contribution < 1.29 is 9.90 Å². The highest BCUT2D eigenvalue weighted by molar-refractivity contribution is 6.30. The van der Waals surface area contributed by atoms with Crippen LogP contribution in [-0.2, 0) is 10.4 Å². The number of nitrogens with one attached hydrogen (secondary N) is 1. The second-order valence-electron chi connectivity index (χ2n) is 4.99. The largest absolute Gasteiger partial charge is 0.385 e. The fraction of sp³-hybridized carbons (Fsp3) is 0.500. The lowest BCUT2D eigenvalue weighted by Gasteiger charge is -2.38. The summed E-state index contributed by atoms with van der Waals surface area (Å²) in [5, 5.41) is 14.0. The molecule has 1 aliphatic heterocycles. The van der Waals surface area contributed by atoms with Crippen molar-refractivity contribution in [2.75, 3.05) is 26.7 Å². The first-order chi connectivity index (χ1) is 9.03. The third-order valence-electron chi connectivity index (χ3n) is 3.71. The van der Waals surface area contributed by atoms with Crippen LogP contribution in [0.4, 0.5) is 0 Å². The summed E-state index contributed by atoms with van der Waals surface area (Å²) in [5.74, 6) is 0.0110. The first-order valence-corrected chi connectivity index (χ1v) is 6.83. The molecule has 0 unspecified atom stereocenters. The second-order valence-corrected chi connectivity index (χ2v) is 5.42. The standard InChI is InChI=1S/C14H19ClN2O2/c1-16-13(18)10-17-8-6-14(19,7-9-17)11-2-4-12(15)5-3-11/h2-5,19H,6-10H2,1H3,(H,16,18). The molecule has 0 bridgehead atoms. The topological polar surface area (TPSA) is 52.6 Å². The predicted molar refractivity (Wildman–Crippen MR) is 75.1 cm³/mol. The molecular formula is C14H19ClN2O2. The van der Waals surface area contributed by atoms with Gasteiger partial charge in [0, 0.05) is 25.2 Å². The number of amides is 1. The molecule has 1 aromatic carbocycles. The van der Waals surface area contributed by atoms with E-state index >= 15 is 0 Å². The highest BCUT2D eigenvalue weighted by Gasteiger charge is 2.34. The summed E-state index contributed by atoms with van der Waals surface area (Å²) in [6.07, 6.45) is 1.26. The molecular weight excluding hydrogens is 264 g/mol. The molecule has 5 heteroatoms. The molecule has 0 spiro atoms. The molecule has 1 aliphatic rings. The molecule has 4 nitrogen and oxygen atoms in total. The Kier molecular flexibility index (Phi) is 4.45. The van der Waals surface area contributed by atoms with Gasteiger partial charge in [-0.3, -0.25) is 9.69 Å². The highest BCUT2D eigenvalue weighted by Crippen LogP contribution is 2.33. The lowest BCUT2D eigenvalue weighted by molar-refractivity contribution is -0.123. The number of halogens is 1. The van der Waals surface area contributed by atoms with Gasteiger partial charge in [-0.05, 0) is 30.5 Å². The minimum absolute atomic E-state index is 0.0110. The summed E-state index contributed by atoms with van der Waals surface area (Å²) >= 11 is 5.86. The summed E-state index contributed by atoms with van der Waals surface area (Å²) in [7, 11) is 1.64. The minimum Gasteiger partial charge on any atom is -0.385 e. The van der Waals surface area contributed by atoms with Crippen LogP contribution in [0.15, 0.2) is 24.3 Å². The van der Waals surface area contributed by atoms with E-state index in [4.69, 9.17) is 11.6 Å². The van der Waals surface area contributed by atoms with Crippen molar-refractivity contribution in [1.82, 2.24) is 10.2 Å². The van der Waals surface area contributed by atoms with E-state index in [0.29, 0.717) is 37.5 Å². The van der Waals surface area contributed by atoms with Crippen LogP contribution in [0.25, 0.3) is 0 Å². The van der Waals surface area contributed by atoms with Crippen LogP contribution in [0, 0.1) is 0 Å². The molecule has 104 valence electrons. The summed E-state index contributed by atoms with van der Waals surface area (Å²) in [6.45, 7) is 1.83. The lowest BCUT2D eigenvalue weighted by Crippen LogP contribution is -2.45. The minimum atomic E-state index is -0.802. The van der Waals surface area contributed by atoms with Crippen molar-refractivity contribution in [2.24, 2.45) is 0 Å². The summed E-state index contributed by atoms with van der Waals surface area (Å²) in [5.41, 5.74) is 0.0977. The van der Waals surface area contributed by atoms with Gasteiger partial charge in [-0.1, -0.05) is 23.7 Å². The van der Waals surface area contributed by atoms with Gasteiger partial charge in [0.2, 0.25) is 5.91 Å². The van der Waals surface area contributed by atoms with Crippen molar-refractivity contribution in [3.8, 4) is 0 Å². The number of piperidine rings is 1. The quantitative estimate of drug-likeness (QED) is 0.880. The van der Waals surface area contributed by atoms with Crippen LogP contribution in [0.2, 0.25) is 5.02 Å².